The first-order chi connectivity index (χ1) is 13.8. The summed E-state index contributed by atoms with van der Waals surface area (Å²) in [6.45, 7) is 0. The van der Waals surface area contributed by atoms with Gasteiger partial charge in [0.1, 0.15) is 17.9 Å². The van der Waals surface area contributed by atoms with E-state index in [-0.39, 0.29) is 17.6 Å². The Morgan fingerprint density at radius 1 is 0.966 bits per heavy atom. The molecule has 0 unspecified atom stereocenters. The normalized spacial score (nSPS) is 20.0. The lowest BCUT2D eigenvalue weighted by Gasteiger charge is -2.42. The summed E-state index contributed by atoms with van der Waals surface area (Å²) in [7, 11) is 3.34. The van der Waals surface area contributed by atoms with Crippen molar-refractivity contribution < 1.29 is 14.0 Å². The van der Waals surface area contributed by atoms with Gasteiger partial charge in [-0.25, -0.2) is 4.39 Å². The maximum atomic E-state index is 13.4. The molecule has 2 aromatic carbocycles. The molecule has 0 saturated carbocycles. The second kappa shape index (κ2) is 7.52. The highest BCUT2D eigenvalue weighted by molar-refractivity contribution is 6.30. The lowest BCUT2D eigenvalue weighted by molar-refractivity contribution is -0.158. The van der Waals surface area contributed by atoms with E-state index in [0.717, 1.165) is 16.5 Å². The number of nitrogens with zero attached hydrogens (tertiary/aromatic N) is 2. The number of amides is 2. The van der Waals surface area contributed by atoms with Gasteiger partial charge in [0.2, 0.25) is 11.8 Å². The average molecular weight is 414 g/mol. The highest BCUT2D eigenvalue weighted by Gasteiger charge is 2.42. The monoisotopic (exact) mass is 413 g/mol. The van der Waals surface area contributed by atoms with Gasteiger partial charge in [-0.15, -0.1) is 0 Å². The van der Waals surface area contributed by atoms with Crippen molar-refractivity contribution in [3.8, 4) is 0 Å². The van der Waals surface area contributed by atoms with Gasteiger partial charge < -0.3 is 14.8 Å². The molecule has 0 bridgehead atoms. The Kier molecular flexibility index (Phi) is 5.04. The number of H-pyrrole nitrogens is 1. The Morgan fingerprint density at radius 2 is 1.59 bits per heavy atom. The van der Waals surface area contributed by atoms with E-state index < -0.39 is 12.1 Å². The van der Waals surface area contributed by atoms with Crippen LogP contribution in [-0.2, 0) is 22.4 Å². The molecular formula is C22H21ClFN3O2. The molecule has 2 heterocycles. The van der Waals surface area contributed by atoms with Gasteiger partial charge in [-0.1, -0.05) is 23.7 Å². The molecule has 2 amide bonds. The summed E-state index contributed by atoms with van der Waals surface area (Å²) in [6, 6.07) is 10.6. The van der Waals surface area contributed by atoms with Crippen LogP contribution in [0.1, 0.15) is 11.1 Å². The minimum absolute atomic E-state index is 0.0991. The minimum Gasteiger partial charge on any atom is -0.361 e. The number of rotatable bonds is 4. The molecule has 1 aliphatic rings. The molecule has 1 N–H and O–H groups in total. The van der Waals surface area contributed by atoms with Crippen LogP contribution in [0.5, 0.6) is 0 Å². The van der Waals surface area contributed by atoms with E-state index in [1.807, 2.05) is 12.1 Å². The molecule has 5 nitrogen and oxygen atoms in total. The van der Waals surface area contributed by atoms with Crippen LogP contribution in [0, 0.1) is 5.82 Å². The summed E-state index contributed by atoms with van der Waals surface area (Å²) in [4.78, 5) is 32.2. The molecule has 4 rings (SSSR count). The topological polar surface area (TPSA) is 56.4 Å². The van der Waals surface area contributed by atoms with E-state index in [9.17, 15) is 14.0 Å². The molecule has 1 fully saturated rings. The van der Waals surface area contributed by atoms with Crippen LogP contribution in [0.4, 0.5) is 4.39 Å². The van der Waals surface area contributed by atoms with Gasteiger partial charge in [-0.3, -0.25) is 9.59 Å². The number of aromatic amines is 1. The van der Waals surface area contributed by atoms with Crippen molar-refractivity contribution in [2.45, 2.75) is 24.9 Å². The fourth-order valence-corrected chi connectivity index (χ4v) is 4.06. The second-order valence-electron chi connectivity index (χ2n) is 7.47. The standard InChI is InChI=1S/C22H21ClFN3O2/c1-26-19(9-13-3-5-15(23)6-4-13)21(28)27(2)20(22(26)29)10-14-12-25-18-11-16(24)7-8-17(14)18/h3-8,11-12,19-20,25H,9-10H2,1-2H3/t19-,20-/m0/s1. The molecular weight excluding hydrogens is 393 g/mol. The van der Waals surface area contributed by atoms with E-state index in [1.54, 1.807) is 38.5 Å². The molecule has 2 atom stereocenters. The van der Waals surface area contributed by atoms with Gasteiger partial charge in [0.15, 0.2) is 0 Å². The van der Waals surface area contributed by atoms with Crippen LogP contribution in [-0.4, -0.2) is 52.8 Å². The van der Waals surface area contributed by atoms with Crippen LogP contribution in [0.3, 0.4) is 0 Å². The summed E-state index contributed by atoms with van der Waals surface area (Å²) >= 11 is 5.93. The number of hydrogen-bond donors (Lipinski definition) is 1. The quantitative estimate of drug-likeness (QED) is 0.712. The Balaban J connectivity index is 1.56. The van der Waals surface area contributed by atoms with Gasteiger partial charge in [-0.2, -0.15) is 0 Å². The van der Waals surface area contributed by atoms with Crippen LogP contribution < -0.4 is 0 Å². The van der Waals surface area contributed by atoms with Crippen molar-refractivity contribution in [3.63, 3.8) is 0 Å². The fraction of sp³-hybridized carbons (Fsp3) is 0.273. The molecule has 7 heteroatoms. The molecule has 29 heavy (non-hydrogen) atoms. The molecule has 1 aromatic heterocycles. The van der Waals surface area contributed by atoms with Crippen molar-refractivity contribution in [3.05, 3.63) is 70.6 Å². The molecule has 150 valence electrons. The third-order valence-electron chi connectivity index (χ3n) is 5.69. The number of benzene rings is 2. The Bertz CT molecular complexity index is 1080. The number of carbonyl (C=O) groups is 2. The molecule has 3 aromatic rings. The first-order valence-electron chi connectivity index (χ1n) is 9.38. The zero-order valence-electron chi connectivity index (χ0n) is 16.2. The van der Waals surface area contributed by atoms with Gasteiger partial charge in [0.25, 0.3) is 0 Å². The molecule has 0 aliphatic carbocycles. The summed E-state index contributed by atoms with van der Waals surface area (Å²) in [5.41, 5.74) is 2.49. The summed E-state index contributed by atoms with van der Waals surface area (Å²) in [5, 5.41) is 1.48. The van der Waals surface area contributed by atoms with Gasteiger partial charge in [-0.05, 0) is 41.5 Å². The maximum absolute atomic E-state index is 13.4. The SMILES string of the molecule is CN1C(=O)[C@H](Cc2c[nH]c3cc(F)ccc23)N(C)C(=O)[C@@H]1Cc1ccc(Cl)cc1. The smallest absolute Gasteiger partial charge is 0.246 e. The van der Waals surface area contributed by atoms with Gasteiger partial charge in [0, 0.05) is 49.1 Å². The van der Waals surface area contributed by atoms with Gasteiger partial charge >= 0.3 is 0 Å². The third-order valence-corrected chi connectivity index (χ3v) is 5.94. The average Bonchev–Trinajstić information content (AvgIpc) is 3.10. The maximum Gasteiger partial charge on any atom is 0.246 e. The van der Waals surface area contributed by atoms with Crippen molar-refractivity contribution in [2.24, 2.45) is 0 Å². The number of hydrogen-bond acceptors (Lipinski definition) is 2. The molecule has 0 spiro atoms. The van der Waals surface area contributed by atoms with Crippen molar-refractivity contribution in [1.82, 2.24) is 14.8 Å². The Morgan fingerprint density at radius 3 is 2.24 bits per heavy atom. The lowest BCUT2D eigenvalue weighted by Crippen LogP contribution is -2.63. The van der Waals surface area contributed by atoms with Gasteiger partial charge in [0.05, 0.1) is 0 Å². The van der Waals surface area contributed by atoms with E-state index >= 15 is 0 Å². The number of aromatic nitrogens is 1. The van der Waals surface area contributed by atoms with Crippen LogP contribution >= 0.6 is 11.6 Å². The molecule has 1 aliphatic heterocycles. The highest BCUT2D eigenvalue weighted by Crippen LogP contribution is 2.26. The highest BCUT2D eigenvalue weighted by atomic mass is 35.5. The summed E-state index contributed by atoms with van der Waals surface area (Å²) in [6.07, 6.45) is 2.57. The van der Waals surface area contributed by atoms with Crippen LogP contribution in [0.2, 0.25) is 5.02 Å². The van der Waals surface area contributed by atoms with E-state index in [0.29, 0.717) is 23.4 Å². The predicted octanol–water partition coefficient (Wildman–Crippen LogP) is 3.41. The van der Waals surface area contributed by atoms with E-state index in [1.165, 1.54) is 21.9 Å². The molecule has 0 radical (unpaired) electrons. The number of piperazine rings is 1. The van der Waals surface area contributed by atoms with Crippen molar-refractivity contribution >= 4 is 34.3 Å². The second-order valence-corrected chi connectivity index (χ2v) is 7.90. The predicted molar refractivity (Wildman–Crippen MR) is 110 cm³/mol. The number of carbonyl (C=O) groups excluding carboxylic acids is 2. The zero-order valence-corrected chi connectivity index (χ0v) is 16.9. The van der Waals surface area contributed by atoms with E-state index in [4.69, 9.17) is 11.6 Å². The number of likely N-dealkylation sites (N-methyl/N-ethyl adjacent to an activating group) is 2. The molecule has 1 saturated heterocycles. The lowest BCUT2D eigenvalue weighted by atomic mass is 9.95. The van der Waals surface area contributed by atoms with Crippen LogP contribution in [0.15, 0.2) is 48.7 Å². The van der Waals surface area contributed by atoms with Crippen molar-refractivity contribution in [2.75, 3.05) is 14.1 Å². The van der Waals surface area contributed by atoms with Crippen LogP contribution in [0.25, 0.3) is 10.9 Å². The van der Waals surface area contributed by atoms with E-state index in [2.05, 4.69) is 4.98 Å². The Labute approximate surface area is 173 Å². The first kappa shape index (κ1) is 19.5. The third kappa shape index (κ3) is 3.60. The fourth-order valence-electron chi connectivity index (χ4n) is 3.94. The Hall–Kier alpha value is -2.86. The number of fused-ring (bicyclic) bond motifs is 1. The summed E-state index contributed by atoms with van der Waals surface area (Å²) in [5.74, 6) is -0.530. The minimum atomic E-state index is -0.599. The number of nitrogens with one attached hydrogen (secondary N) is 1. The van der Waals surface area contributed by atoms with Crippen molar-refractivity contribution in [1.29, 1.82) is 0 Å². The largest absolute Gasteiger partial charge is 0.361 e. The number of halogens is 2. The summed E-state index contributed by atoms with van der Waals surface area (Å²) < 4.78 is 13.4. The zero-order chi connectivity index (χ0) is 20.7. The first-order valence-corrected chi connectivity index (χ1v) is 9.76.